The second-order valence-electron chi connectivity index (χ2n) is 5.07. The molecule has 0 radical (unpaired) electrons. The van der Waals surface area contributed by atoms with Crippen LogP contribution >= 0.6 is 11.6 Å². The van der Waals surface area contributed by atoms with Crippen molar-refractivity contribution in [3.63, 3.8) is 0 Å². The molecule has 0 aliphatic carbocycles. The second kappa shape index (κ2) is 6.95. The highest BCUT2D eigenvalue weighted by molar-refractivity contribution is 6.30. The molecule has 1 aliphatic rings. The van der Waals surface area contributed by atoms with Gasteiger partial charge < -0.3 is 14.8 Å². The van der Waals surface area contributed by atoms with Crippen LogP contribution in [-0.2, 0) is 9.53 Å². The van der Waals surface area contributed by atoms with E-state index in [-0.39, 0.29) is 18.1 Å². The van der Waals surface area contributed by atoms with E-state index >= 15 is 0 Å². The Hall–Kier alpha value is -1.26. The van der Waals surface area contributed by atoms with Crippen LogP contribution in [0.5, 0.6) is 5.75 Å². The van der Waals surface area contributed by atoms with Gasteiger partial charge in [0.1, 0.15) is 5.75 Å². The van der Waals surface area contributed by atoms with Crippen LogP contribution in [0.15, 0.2) is 24.3 Å². The van der Waals surface area contributed by atoms with Gasteiger partial charge in [-0.3, -0.25) is 4.79 Å². The third kappa shape index (κ3) is 4.12. The van der Waals surface area contributed by atoms with Crippen LogP contribution in [-0.4, -0.2) is 30.8 Å². The summed E-state index contributed by atoms with van der Waals surface area (Å²) in [6.07, 6.45) is 1.58. The van der Waals surface area contributed by atoms with Gasteiger partial charge in [0, 0.05) is 11.6 Å². The van der Waals surface area contributed by atoms with E-state index in [1.807, 2.05) is 6.92 Å². The number of carbonyl (C=O) groups is 1. The number of amides is 1. The first-order valence-electron chi connectivity index (χ1n) is 6.90. The van der Waals surface area contributed by atoms with Crippen molar-refractivity contribution >= 4 is 17.5 Å². The summed E-state index contributed by atoms with van der Waals surface area (Å²) in [5, 5.41) is 3.52. The topological polar surface area (TPSA) is 47.6 Å². The van der Waals surface area contributed by atoms with E-state index in [1.165, 1.54) is 0 Å². The number of halogens is 1. The molecule has 5 heteroatoms. The average molecular weight is 298 g/mol. The summed E-state index contributed by atoms with van der Waals surface area (Å²) in [6, 6.07) is 7.01. The molecule has 0 saturated carbocycles. The van der Waals surface area contributed by atoms with Crippen molar-refractivity contribution in [1.29, 1.82) is 0 Å². The van der Waals surface area contributed by atoms with Gasteiger partial charge in [0.05, 0.1) is 12.1 Å². The van der Waals surface area contributed by atoms with Crippen molar-refractivity contribution < 1.29 is 14.3 Å². The molecule has 0 aromatic heterocycles. The smallest absolute Gasteiger partial charge is 0.261 e. The molecule has 1 N–H and O–H groups in total. The molecular formula is C15H20ClNO3. The van der Waals surface area contributed by atoms with Crippen LogP contribution in [0.2, 0.25) is 5.02 Å². The van der Waals surface area contributed by atoms with E-state index < -0.39 is 6.10 Å². The van der Waals surface area contributed by atoms with E-state index in [4.69, 9.17) is 21.1 Å². The van der Waals surface area contributed by atoms with Crippen molar-refractivity contribution in [3.05, 3.63) is 29.3 Å². The highest BCUT2D eigenvalue weighted by atomic mass is 35.5. The Labute approximate surface area is 124 Å². The van der Waals surface area contributed by atoms with Crippen LogP contribution in [0.25, 0.3) is 0 Å². The molecule has 110 valence electrons. The first-order chi connectivity index (χ1) is 9.56. The number of nitrogens with one attached hydrogen (secondary N) is 1. The van der Waals surface area contributed by atoms with Crippen LogP contribution in [0.1, 0.15) is 26.7 Å². The third-order valence-corrected chi connectivity index (χ3v) is 3.61. The fraction of sp³-hybridized carbons (Fsp3) is 0.533. The summed E-state index contributed by atoms with van der Waals surface area (Å²) in [5.74, 6) is 0.442. The molecule has 1 aromatic rings. The highest BCUT2D eigenvalue weighted by Crippen LogP contribution is 2.19. The molecule has 1 heterocycles. The first-order valence-corrected chi connectivity index (χ1v) is 7.28. The second-order valence-corrected chi connectivity index (χ2v) is 5.50. The Morgan fingerprint density at radius 3 is 2.95 bits per heavy atom. The fourth-order valence-corrected chi connectivity index (χ4v) is 2.41. The molecule has 0 unspecified atom stereocenters. The van der Waals surface area contributed by atoms with Gasteiger partial charge in [-0.1, -0.05) is 17.7 Å². The van der Waals surface area contributed by atoms with Gasteiger partial charge in [-0.25, -0.2) is 0 Å². The summed E-state index contributed by atoms with van der Waals surface area (Å²) in [4.78, 5) is 12.1. The monoisotopic (exact) mass is 297 g/mol. The minimum absolute atomic E-state index is 0.00425. The van der Waals surface area contributed by atoms with Gasteiger partial charge in [0.25, 0.3) is 5.91 Å². The molecule has 4 nitrogen and oxygen atoms in total. The standard InChI is InChI=1S/C15H20ClNO3/c1-10(14-7-4-8-19-14)17-15(18)11(2)20-13-6-3-5-12(16)9-13/h3,5-6,9-11,14H,4,7-8H2,1-2H3,(H,17,18)/t10-,11+,14+/m1/s1. The molecule has 1 amide bonds. The molecule has 1 saturated heterocycles. The number of rotatable bonds is 5. The number of hydrogen-bond acceptors (Lipinski definition) is 3. The summed E-state index contributed by atoms with van der Waals surface area (Å²) in [5.41, 5.74) is 0. The Morgan fingerprint density at radius 1 is 1.50 bits per heavy atom. The SMILES string of the molecule is C[C@H](Oc1cccc(Cl)c1)C(=O)N[C@H](C)[C@@H]1CCCO1. The lowest BCUT2D eigenvalue weighted by atomic mass is 10.1. The number of benzene rings is 1. The molecule has 1 fully saturated rings. The van der Waals surface area contributed by atoms with E-state index in [1.54, 1.807) is 31.2 Å². The quantitative estimate of drug-likeness (QED) is 0.909. The summed E-state index contributed by atoms with van der Waals surface area (Å²) < 4.78 is 11.1. The fourth-order valence-electron chi connectivity index (χ4n) is 2.23. The molecule has 0 spiro atoms. The zero-order chi connectivity index (χ0) is 14.5. The molecule has 3 atom stereocenters. The van der Waals surface area contributed by atoms with Gasteiger partial charge in [-0.15, -0.1) is 0 Å². The first kappa shape index (κ1) is 15.1. The van der Waals surface area contributed by atoms with Crippen LogP contribution in [0.3, 0.4) is 0 Å². The average Bonchev–Trinajstić information content (AvgIpc) is 2.92. The summed E-state index contributed by atoms with van der Waals surface area (Å²) in [7, 11) is 0. The summed E-state index contributed by atoms with van der Waals surface area (Å²) >= 11 is 5.88. The summed E-state index contributed by atoms with van der Waals surface area (Å²) in [6.45, 7) is 4.46. The zero-order valence-electron chi connectivity index (χ0n) is 11.8. The molecule has 1 aliphatic heterocycles. The van der Waals surface area contributed by atoms with Crippen molar-refractivity contribution in [2.45, 2.75) is 44.9 Å². The van der Waals surface area contributed by atoms with Gasteiger partial charge in [-0.05, 0) is 44.9 Å². The van der Waals surface area contributed by atoms with Crippen LogP contribution in [0.4, 0.5) is 0 Å². The maximum absolute atomic E-state index is 12.1. The molecule has 20 heavy (non-hydrogen) atoms. The predicted molar refractivity (Wildman–Crippen MR) is 78.1 cm³/mol. The Morgan fingerprint density at radius 2 is 2.30 bits per heavy atom. The van der Waals surface area contributed by atoms with Crippen molar-refractivity contribution in [2.75, 3.05) is 6.61 Å². The highest BCUT2D eigenvalue weighted by Gasteiger charge is 2.25. The van der Waals surface area contributed by atoms with Crippen molar-refractivity contribution in [2.24, 2.45) is 0 Å². The van der Waals surface area contributed by atoms with Crippen LogP contribution < -0.4 is 10.1 Å². The maximum atomic E-state index is 12.1. The van der Waals surface area contributed by atoms with E-state index in [9.17, 15) is 4.79 Å². The minimum atomic E-state index is -0.572. The Kier molecular flexibility index (Phi) is 5.26. The Bertz CT molecular complexity index is 460. The lowest BCUT2D eigenvalue weighted by molar-refractivity contribution is -0.128. The molecule has 0 bridgehead atoms. The normalized spacial score (nSPS) is 21.2. The van der Waals surface area contributed by atoms with Gasteiger partial charge >= 0.3 is 0 Å². The van der Waals surface area contributed by atoms with Crippen LogP contribution in [0, 0.1) is 0 Å². The van der Waals surface area contributed by atoms with Crippen molar-refractivity contribution in [1.82, 2.24) is 5.32 Å². The molecular weight excluding hydrogens is 278 g/mol. The van der Waals surface area contributed by atoms with Gasteiger partial charge in [0.15, 0.2) is 6.10 Å². The lowest BCUT2D eigenvalue weighted by Gasteiger charge is -2.22. The van der Waals surface area contributed by atoms with Crippen molar-refractivity contribution in [3.8, 4) is 5.75 Å². The molecule has 1 aromatic carbocycles. The maximum Gasteiger partial charge on any atom is 0.261 e. The van der Waals surface area contributed by atoms with Gasteiger partial charge in [-0.2, -0.15) is 0 Å². The predicted octanol–water partition coefficient (Wildman–Crippen LogP) is 2.79. The van der Waals surface area contributed by atoms with E-state index in [2.05, 4.69) is 5.32 Å². The largest absolute Gasteiger partial charge is 0.481 e. The van der Waals surface area contributed by atoms with Gasteiger partial charge in [0.2, 0.25) is 0 Å². The number of hydrogen-bond donors (Lipinski definition) is 1. The third-order valence-electron chi connectivity index (χ3n) is 3.37. The Balaban J connectivity index is 1.85. The zero-order valence-corrected chi connectivity index (χ0v) is 12.5. The minimum Gasteiger partial charge on any atom is -0.481 e. The van der Waals surface area contributed by atoms with E-state index in [0.29, 0.717) is 10.8 Å². The van der Waals surface area contributed by atoms with E-state index in [0.717, 1.165) is 19.4 Å². The number of ether oxygens (including phenoxy) is 2. The number of carbonyl (C=O) groups excluding carboxylic acids is 1. The molecule has 2 rings (SSSR count). The lowest BCUT2D eigenvalue weighted by Crippen LogP contribution is -2.46.